The number of carbonyl (C=O) groups is 3. The van der Waals surface area contributed by atoms with Crippen LogP contribution in [-0.2, 0) is 19.8 Å². The van der Waals surface area contributed by atoms with E-state index in [2.05, 4.69) is 0 Å². The predicted octanol–water partition coefficient (Wildman–Crippen LogP) is 1.47. The van der Waals surface area contributed by atoms with E-state index < -0.39 is 11.6 Å². The minimum Gasteiger partial charge on any atom is -0.497 e. The SMILES string of the molecule is COc1ccc2c(c1)[C@@]1(C(C)=O)CCN(C(C)=O)[C@H]1N2C(C)=O. The van der Waals surface area contributed by atoms with E-state index in [0.29, 0.717) is 24.4 Å². The van der Waals surface area contributed by atoms with Crippen LogP contribution in [0.5, 0.6) is 5.75 Å². The fourth-order valence-electron chi connectivity index (χ4n) is 4.01. The van der Waals surface area contributed by atoms with Gasteiger partial charge in [-0.25, -0.2) is 0 Å². The standard InChI is InChI=1S/C17H20N2O4/c1-10(20)17-7-8-18(11(2)21)16(17)19(12(3)22)15-6-5-13(23-4)9-14(15)17/h5-6,9,16H,7-8H2,1-4H3/t16-,17-/m0/s1. The number of anilines is 1. The van der Waals surface area contributed by atoms with Gasteiger partial charge in [-0.15, -0.1) is 0 Å². The van der Waals surface area contributed by atoms with E-state index in [1.807, 2.05) is 6.07 Å². The van der Waals surface area contributed by atoms with Crippen LogP contribution in [0.2, 0.25) is 0 Å². The van der Waals surface area contributed by atoms with Gasteiger partial charge in [0, 0.05) is 20.4 Å². The Morgan fingerprint density at radius 2 is 1.87 bits per heavy atom. The van der Waals surface area contributed by atoms with Crippen molar-refractivity contribution >= 4 is 23.3 Å². The Morgan fingerprint density at radius 3 is 2.39 bits per heavy atom. The molecule has 2 atom stereocenters. The van der Waals surface area contributed by atoms with E-state index in [9.17, 15) is 14.4 Å². The maximum atomic E-state index is 12.6. The molecule has 0 bridgehead atoms. The van der Waals surface area contributed by atoms with Gasteiger partial charge in [0.25, 0.3) is 0 Å². The van der Waals surface area contributed by atoms with Crippen molar-refractivity contribution in [3.05, 3.63) is 23.8 Å². The van der Waals surface area contributed by atoms with Crippen molar-refractivity contribution in [1.29, 1.82) is 0 Å². The Hall–Kier alpha value is -2.37. The molecule has 0 radical (unpaired) electrons. The van der Waals surface area contributed by atoms with Crippen molar-refractivity contribution in [2.45, 2.75) is 38.8 Å². The summed E-state index contributed by atoms with van der Waals surface area (Å²) in [6.45, 7) is 4.92. The highest BCUT2D eigenvalue weighted by molar-refractivity contribution is 6.04. The van der Waals surface area contributed by atoms with Crippen molar-refractivity contribution in [3.63, 3.8) is 0 Å². The second kappa shape index (κ2) is 5.08. The van der Waals surface area contributed by atoms with Crippen LogP contribution < -0.4 is 9.64 Å². The van der Waals surface area contributed by atoms with Crippen LogP contribution >= 0.6 is 0 Å². The van der Waals surface area contributed by atoms with E-state index in [1.165, 1.54) is 20.8 Å². The molecule has 2 heterocycles. The van der Waals surface area contributed by atoms with Gasteiger partial charge in [-0.2, -0.15) is 0 Å². The van der Waals surface area contributed by atoms with Gasteiger partial charge in [0.15, 0.2) is 0 Å². The monoisotopic (exact) mass is 316 g/mol. The Kier molecular flexibility index (Phi) is 3.43. The number of ketones is 1. The van der Waals surface area contributed by atoms with Crippen LogP contribution in [0.25, 0.3) is 0 Å². The summed E-state index contributed by atoms with van der Waals surface area (Å²) < 4.78 is 5.29. The lowest BCUT2D eigenvalue weighted by molar-refractivity contribution is -0.131. The third-order valence-corrected chi connectivity index (χ3v) is 5.04. The summed E-state index contributed by atoms with van der Waals surface area (Å²) in [7, 11) is 1.56. The molecule has 1 aromatic carbocycles. The molecule has 2 aliphatic rings. The smallest absolute Gasteiger partial charge is 0.225 e. The number of amides is 2. The largest absolute Gasteiger partial charge is 0.497 e. The molecule has 1 aromatic rings. The lowest BCUT2D eigenvalue weighted by Gasteiger charge is -2.35. The van der Waals surface area contributed by atoms with E-state index in [-0.39, 0.29) is 17.6 Å². The molecule has 6 nitrogen and oxygen atoms in total. The van der Waals surface area contributed by atoms with Crippen molar-refractivity contribution in [2.75, 3.05) is 18.6 Å². The van der Waals surface area contributed by atoms with Crippen LogP contribution in [0.3, 0.4) is 0 Å². The van der Waals surface area contributed by atoms with E-state index in [0.717, 1.165) is 5.56 Å². The quantitative estimate of drug-likeness (QED) is 0.828. The van der Waals surface area contributed by atoms with Gasteiger partial charge in [-0.3, -0.25) is 19.3 Å². The van der Waals surface area contributed by atoms with Crippen molar-refractivity contribution in [3.8, 4) is 5.75 Å². The zero-order chi connectivity index (χ0) is 16.9. The highest BCUT2D eigenvalue weighted by Gasteiger charge is 2.61. The fraction of sp³-hybridized carbons (Fsp3) is 0.471. The molecule has 0 spiro atoms. The van der Waals surface area contributed by atoms with Gasteiger partial charge in [0.2, 0.25) is 11.8 Å². The zero-order valence-corrected chi connectivity index (χ0v) is 13.8. The number of rotatable bonds is 2. The van der Waals surface area contributed by atoms with Crippen molar-refractivity contribution in [2.24, 2.45) is 0 Å². The lowest BCUT2D eigenvalue weighted by Crippen LogP contribution is -2.55. The second-order valence-electron chi connectivity index (χ2n) is 6.14. The first kappa shape index (κ1) is 15.5. The topological polar surface area (TPSA) is 66.9 Å². The molecule has 122 valence electrons. The van der Waals surface area contributed by atoms with Gasteiger partial charge >= 0.3 is 0 Å². The van der Waals surface area contributed by atoms with Crippen LogP contribution in [-0.4, -0.2) is 42.3 Å². The van der Waals surface area contributed by atoms with Gasteiger partial charge in [0.05, 0.1) is 18.2 Å². The van der Waals surface area contributed by atoms with Gasteiger partial charge < -0.3 is 9.64 Å². The Balaban J connectivity index is 2.29. The number of carbonyl (C=O) groups excluding carboxylic acids is 3. The number of ether oxygens (including phenoxy) is 1. The average Bonchev–Trinajstić information content (AvgIpc) is 3.00. The fourth-order valence-corrected chi connectivity index (χ4v) is 4.01. The predicted molar refractivity (Wildman–Crippen MR) is 84.3 cm³/mol. The van der Waals surface area contributed by atoms with Crippen LogP contribution in [0, 0.1) is 0 Å². The second-order valence-corrected chi connectivity index (χ2v) is 6.14. The first-order valence-electron chi connectivity index (χ1n) is 7.61. The lowest BCUT2D eigenvalue weighted by atomic mass is 9.76. The summed E-state index contributed by atoms with van der Waals surface area (Å²) in [5.74, 6) is 0.279. The molecule has 0 saturated carbocycles. The molecule has 1 fully saturated rings. The number of Topliss-reactive ketones (excluding diaryl/α,β-unsaturated/α-hetero) is 1. The Labute approximate surface area is 135 Å². The number of hydrogen-bond donors (Lipinski definition) is 0. The van der Waals surface area contributed by atoms with E-state index >= 15 is 0 Å². The highest BCUT2D eigenvalue weighted by atomic mass is 16.5. The van der Waals surface area contributed by atoms with Gasteiger partial charge in [0.1, 0.15) is 17.7 Å². The number of hydrogen-bond acceptors (Lipinski definition) is 4. The molecule has 1 saturated heterocycles. The third-order valence-electron chi connectivity index (χ3n) is 5.04. The number of nitrogens with zero attached hydrogens (tertiary/aromatic N) is 2. The molecule has 0 aromatic heterocycles. The first-order chi connectivity index (χ1) is 10.8. The molecular weight excluding hydrogens is 296 g/mol. The first-order valence-corrected chi connectivity index (χ1v) is 7.61. The van der Waals surface area contributed by atoms with Crippen molar-refractivity contribution in [1.82, 2.24) is 4.90 Å². The number of methoxy groups -OCH3 is 1. The van der Waals surface area contributed by atoms with E-state index in [1.54, 1.807) is 29.0 Å². The molecule has 0 aliphatic carbocycles. The summed E-state index contributed by atoms with van der Waals surface area (Å²) in [6, 6.07) is 5.37. The van der Waals surface area contributed by atoms with E-state index in [4.69, 9.17) is 4.74 Å². The summed E-state index contributed by atoms with van der Waals surface area (Å²) in [5, 5.41) is 0. The molecular formula is C17H20N2O4. The minimum atomic E-state index is -0.874. The van der Waals surface area contributed by atoms with Crippen LogP contribution in [0.1, 0.15) is 32.8 Å². The van der Waals surface area contributed by atoms with Crippen LogP contribution in [0.15, 0.2) is 18.2 Å². The number of benzene rings is 1. The Morgan fingerprint density at radius 1 is 1.17 bits per heavy atom. The molecule has 2 aliphatic heterocycles. The molecule has 23 heavy (non-hydrogen) atoms. The molecule has 3 rings (SSSR count). The normalized spacial score (nSPS) is 25.1. The number of likely N-dealkylation sites (tertiary alicyclic amines) is 1. The summed E-state index contributed by atoms with van der Waals surface area (Å²) >= 11 is 0. The van der Waals surface area contributed by atoms with Gasteiger partial charge in [-0.1, -0.05) is 0 Å². The summed E-state index contributed by atoms with van der Waals surface area (Å²) in [4.78, 5) is 40.2. The molecule has 0 N–H and O–H groups in total. The van der Waals surface area contributed by atoms with Gasteiger partial charge in [-0.05, 0) is 37.1 Å². The third kappa shape index (κ3) is 1.90. The zero-order valence-electron chi connectivity index (χ0n) is 13.8. The maximum Gasteiger partial charge on any atom is 0.225 e. The minimum absolute atomic E-state index is 0.0375. The van der Waals surface area contributed by atoms with Crippen LogP contribution in [0.4, 0.5) is 5.69 Å². The molecule has 2 amide bonds. The highest BCUT2D eigenvalue weighted by Crippen LogP contribution is 2.53. The Bertz CT molecular complexity index is 715. The summed E-state index contributed by atoms with van der Waals surface area (Å²) in [6.07, 6.45) is -0.0756. The average molecular weight is 316 g/mol. The summed E-state index contributed by atoms with van der Waals surface area (Å²) in [5.41, 5.74) is 0.582. The van der Waals surface area contributed by atoms with Crippen molar-refractivity contribution < 1.29 is 19.1 Å². The molecule has 0 unspecified atom stereocenters. The number of fused-ring (bicyclic) bond motifs is 3. The maximum absolute atomic E-state index is 12.6. The molecule has 6 heteroatoms.